The van der Waals surface area contributed by atoms with Crippen LogP contribution in [0.15, 0.2) is 40.3 Å². The molecular formula is C19H20ClN5O4S. The van der Waals surface area contributed by atoms with E-state index in [2.05, 4.69) is 15.4 Å². The Morgan fingerprint density at radius 3 is 2.57 bits per heavy atom. The summed E-state index contributed by atoms with van der Waals surface area (Å²) in [6.07, 6.45) is 1.98. The minimum atomic E-state index is -3.61. The number of halogens is 1. The van der Waals surface area contributed by atoms with Crippen molar-refractivity contribution in [2.45, 2.75) is 30.2 Å². The first-order valence-electron chi connectivity index (χ1n) is 9.39. The van der Waals surface area contributed by atoms with Gasteiger partial charge in [-0.3, -0.25) is 4.79 Å². The minimum absolute atomic E-state index is 0.0526. The summed E-state index contributed by atoms with van der Waals surface area (Å²) in [6, 6.07) is 7.10. The van der Waals surface area contributed by atoms with E-state index in [1.165, 1.54) is 10.9 Å². The zero-order valence-corrected chi connectivity index (χ0v) is 18.0. The van der Waals surface area contributed by atoms with Crippen LogP contribution in [0, 0.1) is 6.92 Å². The SMILES string of the molecule is Cc1onc(-c2ccccc2Cl)c1C(=O)N1CCC(S(=O)(=O)c2nncn2C)CC1. The van der Waals surface area contributed by atoms with Gasteiger partial charge in [-0.25, -0.2) is 8.42 Å². The van der Waals surface area contributed by atoms with Gasteiger partial charge in [0.25, 0.3) is 5.91 Å². The highest BCUT2D eigenvalue weighted by Crippen LogP contribution is 2.32. The summed E-state index contributed by atoms with van der Waals surface area (Å²) in [5, 5.41) is 11.2. The zero-order valence-electron chi connectivity index (χ0n) is 16.4. The predicted octanol–water partition coefficient (Wildman–Crippen LogP) is 2.51. The lowest BCUT2D eigenvalue weighted by molar-refractivity contribution is 0.0724. The lowest BCUT2D eigenvalue weighted by Crippen LogP contribution is -2.43. The van der Waals surface area contributed by atoms with E-state index >= 15 is 0 Å². The number of carbonyl (C=O) groups excluding carboxylic acids is 1. The first-order chi connectivity index (χ1) is 14.3. The number of rotatable bonds is 4. The van der Waals surface area contributed by atoms with Gasteiger partial charge in [0, 0.05) is 25.7 Å². The van der Waals surface area contributed by atoms with Gasteiger partial charge in [0.1, 0.15) is 23.3 Å². The van der Waals surface area contributed by atoms with E-state index in [1.807, 2.05) is 6.07 Å². The highest BCUT2D eigenvalue weighted by atomic mass is 35.5. The maximum absolute atomic E-state index is 13.2. The van der Waals surface area contributed by atoms with E-state index < -0.39 is 15.1 Å². The van der Waals surface area contributed by atoms with Gasteiger partial charge in [-0.1, -0.05) is 35.0 Å². The quantitative estimate of drug-likeness (QED) is 0.601. The number of aryl methyl sites for hydroxylation is 2. The Morgan fingerprint density at radius 2 is 1.93 bits per heavy atom. The molecule has 0 unspecified atom stereocenters. The fourth-order valence-electron chi connectivity index (χ4n) is 3.67. The average molecular weight is 450 g/mol. The Bertz CT molecular complexity index is 1200. The molecule has 3 aromatic rings. The molecule has 0 spiro atoms. The Balaban J connectivity index is 1.54. The van der Waals surface area contributed by atoms with Crippen LogP contribution in [0.4, 0.5) is 0 Å². The Morgan fingerprint density at radius 1 is 1.23 bits per heavy atom. The summed E-state index contributed by atoms with van der Waals surface area (Å²) in [4.78, 5) is 14.9. The molecule has 1 aliphatic rings. The second-order valence-electron chi connectivity index (χ2n) is 7.20. The molecule has 1 amide bonds. The molecule has 0 atom stereocenters. The molecule has 158 valence electrons. The van der Waals surface area contributed by atoms with Crippen molar-refractivity contribution in [2.75, 3.05) is 13.1 Å². The largest absolute Gasteiger partial charge is 0.360 e. The average Bonchev–Trinajstić information content (AvgIpc) is 3.34. The number of amides is 1. The molecule has 1 saturated heterocycles. The molecule has 0 saturated carbocycles. The number of nitrogens with zero attached hydrogens (tertiary/aromatic N) is 5. The van der Waals surface area contributed by atoms with Crippen LogP contribution >= 0.6 is 11.6 Å². The molecule has 0 aliphatic carbocycles. The summed E-state index contributed by atoms with van der Waals surface area (Å²) in [7, 11) is -2.02. The minimum Gasteiger partial charge on any atom is -0.360 e. The van der Waals surface area contributed by atoms with Gasteiger partial charge in [0.05, 0.1) is 10.3 Å². The molecule has 0 radical (unpaired) electrons. The lowest BCUT2D eigenvalue weighted by atomic mass is 10.0. The molecular weight excluding hydrogens is 430 g/mol. The zero-order chi connectivity index (χ0) is 21.5. The van der Waals surface area contributed by atoms with Gasteiger partial charge in [-0.2, -0.15) is 0 Å². The summed E-state index contributed by atoms with van der Waals surface area (Å²) >= 11 is 6.28. The monoisotopic (exact) mass is 449 g/mol. The Labute approximate surface area is 178 Å². The van der Waals surface area contributed by atoms with Gasteiger partial charge in [0.2, 0.25) is 15.0 Å². The van der Waals surface area contributed by atoms with Crippen LogP contribution in [0.25, 0.3) is 11.3 Å². The fourth-order valence-corrected chi connectivity index (χ4v) is 5.63. The normalized spacial score (nSPS) is 15.5. The third kappa shape index (κ3) is 3.50. The van der Waals surface area contributed by atoms with Gasteiger partial charge < -0.3 is 14.0 Å². The number of aromatic nitrogens is 4. The topological polar surface area (TPSA) is 111 Å². The van der Waals surface area contributed by atoms with E-state index in [0.29, 0.717) is 53.5 Å². The van der Waals surface area contributed by atoms with E-state index in [9.17, 15) is 13.2 Å². The summed E-state index contributed by atoms with van der Waals surface area (Å²) in [5.74, 6) is 0.141. The van der Waals surface area contributed by atoms with Crippen molar-refractivity contribution < 1.29 is 17.7 Å². The van der Waals surface area contributed by atoms with E-state index in [-0.39, 0.29) is 11.1 Å². The Kier molecular flexibility index (Phi) is 5.37. The van der Waals surface area contributed by atoms with Crippen molar-refractivity contribution in [3.8, 4) is 11.3 Å². The second kappa shape index (κ2) is 7.84. The molecule has 0 bridgehead atoms. The van der Waals surface area contributed by atoms with Crippen LogP contribution in [-0.4, -0.2) is 57.5 Å². The molecule has 1 aliphatic heterocycles. The number of hydrogen-bond donors (Lipinski definition) is 0. The predicted molar refractivity (Wildman–Crippen MR) is 109 cm³/mol. The molecule has 2 aromatic heterocycles. The fraction of sp³-hybridized carbons (Fsp3) is 0.368. The number of carbonyl (C=O) groups is 1. The first kappa shape index (κ1) is 20.5. The van der Waals surface area contributed by atoms with Crippen LogP contribution in [-0.2, 0) is 16.9 Å². The van der Waals surface area contributed by atoms with Gasteiger partial charge in [-0.05, 0) is 25.8 Å². The molecule has 11 heteroatoms. The lowest BCUT2D eigenvalue weighted by Gasteiger charge is -2.31. The van der Waals surface area contributed by atoms with Crippen molar-refractivity contribution >= 4 is 27.3 Å². The van der Waals surface area contributed by atoms with E-state index in [4.69, 9.17) is 16.1 Å². The molecule has 1 fully saturated rings. The van der Waals surface area contributed by atoms with Crippen molar-refractivity contribution in [3.05, 3.63) is 46.9 Å². The van der Waals surface area contributed by atoms with Crippen molar-refractivity contribution in [2.24, 2.45) is 7.05 Å². The number of likely N-dealkylation sites (tertiary alicyclic amines) is 1. The number of hydrogen-bond acceptors (Lipinski definition) is 7. The summed E-state index contributed by atoms with van der Waals surface area (Å²) < 4.78 is 32.4. The van der Waals surface area contributed by atoms with Crippen LogP contribution in [0.3, 0.4) is 0 Å². The van der Waals surface area contributed by atoms with Gasteiger partial charge in [0.15, 0.2) is 0 Å². The maximum Gasteiger partial charge on any atom is 0.259 e. The molecule has 3 heterocycles. The van der Waals surface area contributed by atoms with E-state index in [1.54, 1.807) is 37.1 Å². The van der Waals surface area contributed by atoms with Crippen molar-refractivity contribution in [3.63, 3.8) is 0 Å². The second-order valence-corrected chi connectivity index (χ2v) is 9.73. The smallest absolute Gasteiger partial charge is 0.259 e. The highest BCUT2D eigenvalue weighted by molar-refractivity contribution is 7.91. The van der Waals surface area contributed by atoms with Gasteiger partial charge >= 0.3 is 0 Å². The first-order valence-corrected chi connectivity index (χ1v) is 11.3. The van der Waals surface area contributed by atoms with Crippen LogP contribution in [0.5, 0.6) is 0 Å². The molecule has 9 nitrogen and oxygen atoms in total. The Hall–Kier alpha value is -2.72. The molecule has 0 N–H and O–H groups in total. The standard InChI is InChI=1S/C19H20ClN5O4S/c1-12-16(17(23-29-12)14-5-3-4-6-15(14)20)18(26)25-9-7-13(8-10-25)30(27,28)19-22-21-11-24(19)2/h3-6,11,13H,7-10H2,1-2H3. The highest BCUT2D eigenvalue weighted by Gasteiger charge is 2.37. The number of benzene rings is 1. The third-order valence-electron chi connectivity index (χ3n) is 5.30. The van der Waals surface area contributed by atoms with Crippen molar-refractivity contribution in [1.29, 1.82) is 0 Å². The molecule has 30 heavy (non-hydrogen) atoms. The number of sulfone groups is 1. The summed E-state index contributed by atoms with van der Waals surface area (Å²) in [6.45, 7) is 2.27. The van der Waals surface area contributed by atoms with Crippen LogP contribution < -0.4 is 0 Å². The number of piperidine rings is 1. The summed E-state index contributed by atoms with van der Waals surface area (Å²) in [5.41, 5.74) is 1.34. The van der Waals surface area contributed by atoms with Gasteiger partial charge in [-0.15, -0.1) is 10.2 Å². The van der Waals surface area contributed by atoms with Crippen LogP contribution in [0.1, 0.15) is 29.0 Å². The molecule has 4 rings (SSSR count). The molecule has 1 aromatic carbocycles. The van der Waals surface area contributed by atoms with Crippen molar-refractivity contribution in [1.82, 2.24) is 24.8 Å². The third-order valence-corrected chi connectivity index (χ3v) is 7.86. The van der Waals surface area contributed by atoms with Crippen LogP contribution in [0.2, 0.25) is 5.02 Å². The van der Waals surface area contributed by atoms with E-state index in [0.717, 1.165) is 0 Å². The maximum atomic E-state index is 13.2.